The van der Waals surface area contributed by atoms with Gasteiger partial charge in [-0.2, -0.15) is 0 Å². The molecule has 0 fully saturated rings. The normalized spacial score (nSPS) is 12.1. The monoisotopic (exact) mass is 339 g/mol. The Labute approximate surface area is 144 Å². The maximum absolute atomic E-state index is 11.4. The number of rotatable bonds is 5. The number of hydrogen-bond donors (Lipinski definition) is 1. The summed E-state index contributed by atoms with van der Waals surface area (Å²) in [6, 6.07) is 11.7. The lowest BCUT2D eigenvalue weighted by molar-refractivity contribution is -0.117. The van der Waals surface area contributed by atoms with E-state index in [0.29, 0.717) is 11.0 Å². The van der Waals surface area contributed by atoms with Crippen LogP contribution < -0.4 is 5.73 Å². The molecule has 6 nitrogen and oxygen atoms in total. The van der Waals surface area contributed by atoms with Crippen LogP contribution in [0.15, 0.2) is 53.9 Å². The standard InChI is InChI=1S/C17H17N5OS/c1-11-5-3-4-6-14(11)22-16(13-7-9-19-10-8-13)20-21-17(22)24-12(2)15(18)23/h3-10,12H,1-2H3,(H2,18,23). The lowest BCUT2D eigenvalue weighted by Gasteiger charge is -2.14. The summed E-state index contributed by atoms with van der Waals surface area (Å²) in [7, 11) is 0. The Morgan fingerprint density at radius 2 is 1.88 bits per heavy atom. The van der Waals surface area contributed by atoms with Crippen molar-refractivity contribution in [1.82, 2.24) is 19.7 Å². The fourth-order valence-electron chi connectivity index (χ4n) is 2.28. The minimum absolute atomic E-state index is 0.384. The number of pyridine rings is 1. The second-order valence-electron chi connectivity index (χ2n) is 5.33. The minimum atomic E-state index is -0.401. The molecule has 1 aromatic carbocycles. The van der Waals surface area contributed by atoms with Crippen molar-refractivity contribution in [2.45, 2.75) is 24.3 Å². The Hall–Kier alpha value is -2.67. The van der Waals surface area contributed by atoms with E-state index in [2.05, 4.69) is 15.2 Å². The summed E-state index contributed by atoms with van der Waals surface area (Å²) < 4.78 is 1.95. The number of nitrogens with two attached hydrogens (primary N) is 1. The fraction of sp³-hybridized carbons (Fsp3) is 0.176. The lowest BCUT2D eigenvalue weighted by atomic mass is 10.2. The van der Waals surface area contributed by atoms with Gasteiger partial charge in [0.25, 0.3) is 0 Å². The number of carbonyl (C=O) groups is 1. The Morgan fingerprint density at radius 1 is 1.17 bits per heavy atom. The molecule has 0 bridgehead atoms. The molecule has 7 heteroatoms. The van der Waals surface area contributed by atoms with Gasteiger partial charge >= 0.3 is 0 Å². The predicted octanol–water partition coefficient (Wildman–Crippen LogP) is 2.60. The topological polar surface area (TPSA) is 86.7 Å². The van der Waals surface area contributed by atoms with E-state index in [1.807, 2.05) is 47.9 Å². The van der Waals surface area contributed by atoms with Crippen LogP contribution >= 0.6 is 11.8 Å². The maximum atomic E-state index is 11.4. The average molecular weight is 339 g/mol. The summed E-state index contributed by atoms with van der Waals surface area (Å²) in [6.45, 7) is 3.79. The molecule has 0 aliphatic heterocycles. The molecule has 2 aromatic heterocycles. The molecular formula is C17H17N5OS. The van der Waals surface area contributed by atoms with Gasteiger partial charge in [-0.05, 0) is 37.6 Å². The van der Waals surface area contributed by atoms with Gasteiger partial charge in [0.2, 0.25) is 5.91 Å². The fourth-order valence-corrected chi connectivity index (χ4v) is 3.09. The smallest absolute Gasteiger partial charge is 0.230 e. The zero-order valence-electron chi connectivity index (χ0n) is 13.4. The van der Waals surface area contributed by atoms with Gasteiger partial charge in [-0.25, -0.2) is 0 Å². The molecule has 122 valence electrons. The molecule has 2 N–H and O–H groups in total. The van der Waals surface area contributed by atoms with Gasteiger partial charge in [0.1, 0.15) is 0 Å². The lowest BCUT2D eigenvalue weighted by Crippen LogP contribution is -2.23. The number of primary amides is 1. The van der Waals surface area contributed by atoms with Gasteiger partial charge in [-0.15, -0.1) is 10.2 Å². The van der Waals surface area contributed by atoms with Crippen LogP contribution in [0.3, 0.4) is 0 Å². The maximum Gasteiger partial charge on any atom is 0.230 e. The highest BCUT2D eigenvalue weighted by molar-refractivity contribution is 8.00. The van der Waals surface area contributed by atoms with E-state index in [1.54, 1.807) is 19.3 Å². The number of aromatic nitrogens is 4. The molecular weight excluding hydrogens is 322 g/mol. The van der Waals surface area contributed by atoms with E-state index >= 15 is 0 Å². The van der Waals surface area contributed by atoms with Crippen molar-refractivity contribution >= 4 is 17.7 Å². The molecule has 0 radical (unpaired) electrons. The number of aryl methyl sites for hydroxylation is 1. The van der Waals surface area contributed by atoms with Crippen molar-refractivity contribution in [3.05, 3.63) is 54.4 Å². The molecule has 3 rings (SSSR count). The molecule has 0 saturated carbocycles. The van der Waals surface area contributed by atoms with Crippen molar-refractivity contribution < 1.29 is 4.79 Å². The molecule has 0 saturated heterocycles. The number of para-hydroxylation sites is 1. The first-order valence-corrected chi connectivity index (χ1v) is 8.33. The number of thioether (sulfide) groups is 1. The van der Waals surface area contributed by atoms with Gasteiger partial charge in [-0.1, -0.05) is 30.0 Å². The number of hydrogen-bond acceptors (Lipinski definition) is 5. The van der Waals surface area contributed by atoms with Gasteiger partial charge in [-0.3, -0.25) is 14.3 Å². The second-order valence-corrected chi connectivity index (χ2v) is 6.63. The van der Waals surface area contributed by atoms with Crippen LogP contribution in [-0.2, 0) is 4.79 Å². The quantitative estimate of drug-likeness (QED) is 0.722. The highest BCUT2D eigenvalue weighted by Crippen LogP contribution is 2.30. The molecule has 2 heterocycles. The van der Waals surface area contributed by atoms with Crippen molar-refractivity contribution in [3.8, 4) is 17.1 Å². The molecule has 24 heavy (non-hydrogen) atoms. The summed E-state index contributed by atoms with van der Waals surface area (Å²) >= 11 is 1.30. The first-order valence-electron chi connectivity index (χ1n) is 7.45. The SMILES string of the molecule is Cc1ccccc1-n1c(SC(C)C(N)=O)nnc1-c1ccncc1. The van der Waals surface area contributed by atoms with Gasteiger partial charge in [0.05, 0.1) is 10.9 Å². The number of benzene rings is 1. The highest BCUT2D eigenvalue weighted by atomic mass is 32.2. The predicted molar refractivity (Wildman–Crippen MR) is 93.8 cm³/mol. The zero-order valence-corrected chi connectivity index (χ0v) is 14.2. The Morgan fingerprint density at radius 3 is 2.54 bits per heavy atom. The van der Waals surface area contributed by atoms with E-state index in [-0.39, 0.29) is 5.91 Å². The largest absolute Gasteiger partial charge is 0.369 e. The average Bonchev–Trinajstić information content (AvgIpc) is 2.99. The Bertz CT molecular complexity index is 862. The van der Waals surface area contributed by atoms with Crippen molar-refractivity contribution in [1.29, 1.82) is 0 Å². The van der Waals surface area contributed by atoms with E-state index in [9.17, 15) is 4.79 Å². The van der Waals surface area contributed by atoms with Crippen LogP contribution in [-0.4, -0.2) is 30.9 Å². The van der Waals surface area contributed by atoms with Crippen molar-refractivity contribution in [2.75, 3.05) is 0 Å². The zero-order chi connectivity index (χ0) is 17.1. The molecule has 3 aromatic rings. The van der Waals surface area contributed by atoms with Crippen LogP contribution in [0.2, 0.25) is 0 Å². The van der Waals surface area contributed by atoms with E-state index in [4.69, 9.17) is 5.73 Å². The summed E-state index contributed by atoms with van der Waals surface area (Å²) in [6.07, 6.45) is 3.43. The van der Waals surface area contributed by atoms with Gasteiger partial charge < -0.3 is 5.73 Å². The summed E-state index contributed by atoms with van der Waals surface area (Å²) in [5.74, 6) is 0.315. The first-order chi connectivity index (χ1) is 11.6. The summed E-state index contributed by atoms with van der Waals surface area (Å²) in [4.78, 5) is 15.5. The van der Waals surface area contributed by atoms with E-state index in [0.717, 1.165) is 16.8 Å². The number of amides is 1. The minimum Gasteiger partial charge on any atom is -0.369 e. The molecule has 1 atom stereocenters. The van der Waals surface area contributed by atoms with Crippen LogP contribution in [0.4, 0.5) is 0 Å². The second kappa shape index (κ2) is 6.84. The molecule has 1 unspecified atom stereocenters. The summed E-state index contributed by atoms with van der Waals surface area (Å²) in [5, 5.41) is 8.84. The Kier molecular flexibility index (Phi) is 4.61. The van der Waals surface area contributed by atoms with Crippen molar-refractivity contribution in [3.63, 3.8) is 0 Å². The molecule has 0 spiro atoms. The van der Waals surface area contributed by atoms with Crippen LogP contribution in [0, 0.1) is 6.92 Å². The first kappa shape index (κ1) is 16.2. The van der Waals surface area contributed by atoms with Crippen LogP contribution in [0.1, 0.15) is 12.5 Å². The summed E-state index contributed by atoms with van der Waals surface area (Å²) in [5.41, 5.74) is 8.35. The van der Waals surface area contributed by atoms with E-state index < -0.39 is 5.25 Å². The number of carbonyl (C=O) groups excluding carboxylic acids is 1. The molecule has 0 aliphatic rings. The third-order valence-corrected chi connectivity index (χ3v) is 4.67. The van der Waals surface area contributed by atoms with Gasteiger partial charge in [0.15, 0.2) is 11.0 Å². The third-order valence-electron chi connectivity index (χ3n) is 3.61. The number of nitrogens with zero attached hydrogens (tertiary/aromatic N) is 4. The van der Waals surface area contributed by atoms with Crippen LogP contribution in [0.5, 0.6) is 0 Å². The molecule has 0 aliphatic carbocycles. The highest BCUT2D eigenvalue weighted by Gasteiger charge is 2.21. The third kappa shape index (κ3) is 3.16. The van der Waals surface area contributed by atoms with Crippen molar-refractivity contribution in [2.24, 2.45) is 5.73 Å². The molecule has 1 amide bonds. The van der Waals surface area contributed by atoms with Crippen LogP contribution in [0.25, 0.3) is 17.1 Å². The van der Waals surface area contributed by atoms with Gasteiger partial charge in [0, 0.05) is 18.0 Å². The van der Waals surface area contributed by atoms with E-state index in [1.165, 1.54) is 11.8 Å². The Balaban J connectivity index is 2.16.